The van der Waals surface area contributed by atoms with Gasteiger partial charge in [0.1, 0.15) is 5.82 Å². The molecule has 0 atom stereocenters. The van der Waals surface area contributed by atoms with Crippen molar-refractivity contribution in [1.29, 1.82) is 0 Å². The third-order valence-corrected chi connectivity index (χ3v) is 4.54. The summed E-state index contributed by atoms with van der Waals surface area (Å²) in [6.45, 7) is 4.25. The lowest BCUT2D eigenvalue weighted by Crippen LogP contribution is -1.94. The topological polar surface area (TPSA) is 80.5 Å². The zero-order valence-electron chi connectivity index (χ0n) is 12.9. The van der Waals surface area contributed by atoms with E-state index in [2.05, 4.69) is 45.2 Å². The van der Waals surface area contributed by atoms with Gasteiger partial charge in [-0.15, -0.1) is 16.4 Å². The van der Waals surface area contributed by atoms with Crippen LogP contribution in [0.25, 0.3) is 12.2 Å². The van der Waals surface area contributed by atoms with Crippen LogP contribution >= 0.6 is 23.1 Å². The molecule has 0 aliphatic carbocycles. The van der Waals surface area contributed by atoms with Gasteiger partial charge in [0.25, 0.3) is 0 Å². The van der Waals surface area contributed by atoms with Crippen LogP contribution in [0.15, 0.2) is 27.2 Å². The molecule has 0 saturated heterocycles. The van der Waals surface area contributed by atoms with Crippen LogP contribution in [0.1, 0.15) is 36.3 Å². The molecule has 0 aliphatic heterocycles. The smallest absolute Gasteiger partial charge is 0.226 e. The molecule has 0 bridgehead atoms. The first-order chi connectivity index (χ1) is 11.2. The van der Waals surface area contributed by atoms with Crippen LogP contribution < -0.4 is 0 Å². The maximum atomic E-state index is 5.22. The molecule has 0 aromatic carbocycles. The first-order valence-electron chi connectivity index (χ1n) is 7.27. The van der Waals surface area contributed by atoms with Gasteiger partial charge in [0, 0.05) is 11.3 Å². The summed E-state index contributed by atoms with van der Waals surface area (Å²) in [5.41, 5.74) is 0. The molecule has 0 radical (unpaired) electrons. The minimum atomic E-state index is 0.502. The second kappa shape index (κ2) is 7.56. The van der Waals surface area contributed by atoms with Crippen molar-refractivity contribution < 1.29 is 4.52 Å². The highest BCUT2D eigenvalue weighted by atomic mass is 32.2. The van der Waals surface area contributed by atoms with Crippen molar-refractivity contribution in [3.8, 4) is 0 Å². The molecule has 3 aromatic heterocycles. The van der Waals surface area contributed by atoms with Gasteiger partial charge in [0.05, 0.1) is 5.75 Å². The molecule has 3 aromatic rings. The number of thioether (sulfide) groups is 1. The van der Waals surface area contributed by atoms with E-state index >= 15 is 0 Å². The Hall–Kier alpha value is -1.93. The molecule has 0 aliphatic rings. The third-order valence-electron chi connectivity index (χ3n) is 2.85. The van der Waals surface area contributed by atoms with Crippen LogP contribution in [0.4, 0.5) is 0 Å². The molecule has 0 amide bonds. The number of rotatable bonds is 7. The van der Waals surface area contributed by atoms with Crippen molar-refractivity contribution in [3.05, 3.63) is 39.9 Å². The minimum absolute atomic E-state index is 0.502. The van der Waals surface area contributed by atoms with Crippen LogP contribution in [-0.2, 0) is 12.2 Å². The first kappa shape index (κ1) is 15.9. The number of aromatic amines is 1. The van der Waals surface area contributed by atoms with E-state index in [4.69, 9.17) is 4.52 Å². The molecule has 3 heterocycles. The number of hydrogen-bond donors (Lipinski definition) is 1. The van der Waals surface area contributed by atoms with Crippen molar-refractivity contribution in [2.75, 3.05) is 0 Å². The van der Waals surface area contributed by atoms with Crippen LogP contribution in [0.2, 0.25) is 0 Å². The quantitative estimate of drug-likeness (QED) is 0.653. The predicted octanol–water partition coefficient (Wildman–Crippen LogP) is 3.91. The van der Waals surface area contributed by atoms with Crippen molar-refractivity contribution in [2.45, 2.75) is 31.2 Å². The van der Waals surface area contributed by atoms with E-state index in [-0.39, 0.29) is 0 Å². The van der Waals surface area contributed by atoms with Gasteiger partial charge in [-0.05, 0) is 29.5 Å². The molecule has 0 saturated carbocycles. The first-order valence-corrected chi connectivity index (χ1v) is 9.14. The van der Waals surface area contributed by atoms with Crippen molar-refractivity contribution >= 4 is 35.3 Å². The normalized spacial score (nSPS) is 11.8. The number of thiophene rings is 1. The lowest BCUT2D eigenvalue weighted by molar-refractivity contribution is 0.360. The molecule has 23 heavy (non-hydrogen) atoms. The molecule has 0 unspecified atom stereocenters. The summed E-state index contributed by atoms with van der Waals surface area (Å²) >= 11 is 3.16. The molecular weight excluding hydrogens is 330 g/mol. The molecule has 0 spiro atoms. The summed E-state index contributed by atoms with van der Waals surface area (Å²) < 4.78 is 5.22. The molecule has 3 rings (SSSR count). The van der Waals surface area contributed by atoms with Crippen molar-refractivity contribution in [3.63, 3.8) is 0 Å². The fraction of sp³-hybridized carbons (Fsp3) is 0.333. The Bertz CT molecular complexity index is 761. The van der Waals surface area contributed by atoms with Gasteiger partial charge in [-0.3, -0.25) is 5.10 Å². The zero-order chi connectivity index (χ0) is 16.1. The lowest BCUT2D eigenvalue weighted by Gasteiger charge is -1.95. The van der Waals surface area contributed by atoms with Crippen molar-refractivity contribution in [1.82, 2.24) is 25.3 Å². The number of nitrogens with zero attached hydrogens (tertiary/aromatic N) is 4. The van der Waals surface area contributed by atoms with Gasteiger partial charge in [0.2, 0.25) is 11.0 Å². The summed E-state index contributed by atoms with van der Waals surface area (Å²) in [6.07, 6.45) is 4.73. The number of H-pyrrole nitrogens is 1. The molecule has 1 N–H and O–H groups in total. The van der Waals surface area contributed by atoms with E-state index < -0.39 is 0 Å². The van der Waals surface area contributed by atoms with E-state index in [1.807, 2.05) is 23.6 Å². The lowest BCUT2D eigenvalue weighted by atomic mass is 10.1. The summed E-state index contributed by atoms with van der Waals surface area (Å²) in [5.74, 6) is 3.18. The summed E-state index contributed by atoms with van der Waals surface area (Å²) in [7, 11) is 0. The highest BCUT2D eigenvalue weighted by molar-refractivity contribution is 7.98. The number of aromatic nitrogens is 5. The fourth-order valence-corrected chi connectivity index (χ4v) is 3.12. The maximum Gasteiger partial charge on any atom is 0.226 e. The Morgan fingerprint density at radius 2 is 2.26 bits per heavy atom. The van der Waals surface area contributed by atoms with Gasteiger partial charge in [-0.25, -0.2) is 4.98 Å². The highest BCUT2D eigenvalue weighted by Gasteiger charge is 2.10. The van der Waals surface area contributed by atoms with Crippen LogP contribution in [-0.4, -0.2) is 25.3 Å². The Balaban J connectivity index is 1.54. The van der Waals surface area contributed by atoms with Gasteiger partial charge in [-0.1, -0.05) is 36.8 Å². The van der Waals surface area contributed by atoms with Crippen LogP contribution in [0.3, 0.4) is 0 Å². The molecule has 120 valence electrons. The fourth-order valence-electron chi connectivity index (χ4n) is 1.85. The Kier molecular flexibility index (Phi) is 5.24. The van der Waals surface area contributed by atoms with Gasteiger partial charge < -0.3 is 4.52 Å². The zero-order valence-corrected chi connectivity index (χ0v) is 14.5. The monoisotopic (exact) mass is 347 g/mol. The molecule has 8 heteroatoms. The summed E-state index contributed by atoms with van der Waals surface area (Å²) in [4.78, 5) is 9.95. The largest absolute Gasteiger partial charge is 0.339 e. The molecular formula is C15H17N5OS2. The Morgan fingerprint density at radius 3 is 3.04 bits per heavy atom. The van der Waals surface area contributed by atoms with E-state index in [1.165, 1.54) is 16.6 Å². The van der Waals surface area contributed by atoms with Crippen LogP contribution in [0, 0.1) is 5.92 Å². The van der Waals surface area contributed by atoms with E-state index in [9.17, 15) is 0 Å². The number of nitrogens with one attached hydrogen (secondary N) is 1. The van der Waals surface area contributed by atoms with E-state index in [1.54, 1.807) is 11.3 Å². The Labute approximate surface area is 142 Å². The SMILES string of the molecule is CC(C)Cc1nc(CSc2n[nH]c(/C=C/c3cccs3)n2)no1. The second-order valence-corrected chi connectivity index (χ2v) is 7.26. The minimum Gasteiger partial charge on any atom is -0.339 e. The van der Waals surface area contributed by atoms with Crippen molar-refractivity contribution in [2.24, 2.45) is 5.92 Å². The molecule has 0 fully saturated rings. The average molecular weight is 347 g/mol. The van der Waals surface area contributed by atoms with Gasteiger partial charge in [0.15, 0.2) is 5.82 Å². The summed E-state index contributed by atoms with van der Waals surface area (Å²) in [5, 5.41) is 13.8. The second-order valence-electron chi connectivity index (χ2n) is 5.34. The van der Waals surface area contributed by atoms with E-state index in [0.29, 0.717) is 28.5 Å². The third kappa shape index (κ3) is 4.77. The summed E-state index contributed by atoms with van der Waals surface area (Å²) in [6, 6.07) is 4.07. The maximum absolute atomic E-state index is 5.22. The van der Waals surface area contributed by atoms with Gasteiger partial charge >= 0.3 is 0 Å². The average Bonchev–Trinajstić information content (AvgIpc) is 3.25. The Morgan fingerprint density at radius 1 is 1.35 bits per heavy atom. The van der Waals surface area contributed by atoms with E-state index in [0.717, 1.165) is 12.2 Å². The standard InChI is InChI=1S/C15H17N5OS2/c1-10(2)8-14-16-13(20-21-14)9-23-15-17-12(18-19-15)6-5-11-4-3-7-22-11/h3-7,10H,8-9H2,1-2H3,(H,17,18,19)/b6-5+. The van der Waals surface area contributed by atoms with Gasteiger partial charge in [-0.2, -0.15) is 4.98 Å². The predicted molar refractivity (Wildman–Crippen MR) is 92.0 cm³/mol. The molecule has 6 nitrogen and oxygen atoms in total. The number of hydrogen-bond acceptors (Lipinski definition) is 7. The van der Waals surface area contributed by atoms with Crippen LogP contribution in [0.5, 0.6) is 0 Å². The highest BCUT2D eigenvalue weighted by Crippen LogP contribution is 2.19.